The van der Waals surface area contributed by atoms with E-state index in [1.165, 1.54) is 0 Å². The zero-order chi connectivity index (χ0) is 12.4. The van der Waals surface area contributed by atoms with E-state index in [-0.39, 0.29) is 0 Å². The minimum atomic E-state index is -0.914. The molecule has 0 saturated heterocycles. The molecule has 0 bridgehead atoms. The first-order valence-electron chi connectivity index (χ1n) is 5.44. The second-order valence-corrected chi connectivity index (χ2v) is 4.79. The minimum absolute atomic E-state index is 0.303. The van der Waals surface area contributed by atoms with Crippen molar-refractivity contribution in [3.05, 3.63) is 40.0 Å². The second-order valence-electron chi connectivity index (χ2n) is 3.87. The number of carboxylic acids is 1. The Morgan fingerprint density at radius 2 is 2.18 bits per heavy atom. The maximum absolute atomic E-state index is 11.2. The average Bonchev–Trinajstić information content (AvgIpc) is 2.28. The van der Waals surface area contributed by atoms with Crippen LogP contribution in [0.1, 0.15) is 29.4 Å². The number of carbonyl (C=O) groups is 1. The van der Waals surface area contributed by atoms with Crippen LogP contribution in [0.25, 0.3) is 10.9 Å². The molecule has 1 aromatic heterocycles. The zero-order valence-corrected chi connectivity index (χ0v) is 11.0. The van der Waals surface area contributed by atoms with E-state index >= 15 is 0 Å². The summed E-state index contributed by atoms with van der Waals surface area (Å²) in [5, 5.41) is 10.0. The summed E-state index contributed by atoms with van der Waals surface area (Å²) in [6.07, 6.45) is 1.57. The van der Waals surface area contributed by atoms with Crippen LogP contribution in [0.15, 0.2) is 28.7 Å². The molecule has 0 spiro atoms. The number of halogens is 1. The van der Waals surface area contributed by atoms with Crippen molar-refractivity contribution in [1.29, 1.82) is 0 Å². The van der Waals surface area contributed by atoms with Crippen molar-refractivity contribution in [1.82, 2.24) is 4.98 Å². The first-order valence-corrected chi connectivity index (χ1v) is 6.23. The Hall–Kier alpha value is -1.42. The topological polar surface area (TPSA) is 50.2 Å². The molecule has 0 unspecified atom stereocenters. The van der Waals surface area contributed by atoms with Gasteiger partial charge in [-0.25, -0.2) is 4.79 Å². The molecule has 4 heteroatoms. The molecule has 0 aliphatic heterocycles. The molecule has 0 saturated carbocycles. The Morgan fingerprint density at radius 3 is 2.82 bits per heavy atom. The van der Waals surface area contributed by atoms with Crippen LogP contribution < -0.4 is 0 Å². The van der Waals surface area contributed by atoms with E-state index in [2.05, 4.69) is 20.9 Å². The molecule has 0 fully saturated rings. The molecule has 88 valence electrons. The highest BCUT2D eigenvalue weighted by Gasteiger charge is 2.12. The third-order valence-electron chi connectivity index (χ3n) is 2.57. The van der Waals surface area contributed by atoms with Gasteiger partial charge in [0.1, 0.15) is 0 Å². The van der Waals surface area contributed by atoms with Crippen molar-refractivity contribution >= 4 is 32.8 Å². The molecular weight excluding hydrogens is 282 g/mol. The number of fused-ring (bicyclic) bond motifs is 1. The molecule has 0 radical (unpaired) electrons. The fourth-order valence-corrected chi connectivity index (χ4v) is 2.18. The fourth-order valence-electron chi connectivity index (χ4n) is 1.80. The summed E-state index contributed by atoms with van der Waals surface area (Å²) >= 11 is 3.37. The van der Waals surface area contributed by atoms with Gasteiger partial charge in [0, 0.05) is 9.86 Å². The Bertz CT molecular complexity index is 581. The van der Waals surface area contributed by atoms with Crippen molar-refractivity contribution in [2.24, 2.45) is 0 Å². The number of carboxylic acid groups (broad SMARTS) is 1. The van der Waals surface area contributed by atoms with Crippen molar-refractivity contribution in [2.75, 3.05) is 0 Å². The lowest BCUT2D eigenvalue weighted by molar-refractivity contribution is 0.0695. The summed E-state index contributed by atoms with van der Waals surface area (Å²) in [5.41, 5.74) is 1.80. The van der Waals surface area contributed by atoms with Gasteiger partial charge in [-0.1, -0.05) is 29.3 Å². The van der Waals surface area contributed by atoms with Crippen molar-refractivity contribution in [3.63, 3.8) is 0 Å². The molecule has 0 aliphatic carbocycles. The first-order chi connectivity index (χ1) is 8.11. The van der Waals surface area contributed by atoms with Gasteiger partial charge in [-0.15, -0.1) is 0 Å². The van der Waals surface area contributed by atoms with Crippen LogP contribution in [0.4, 0.5) is 0 Å². The number of aromatic nitrogens is 1. The fraction of sp³-hybridized carbons (Fsp3) is 0.231. The Labute approximate surface area is 108 Å². The van der Waals surface area contributed by atoms with E-state index in [9.17, 15) is 4.79 Å². The smallest absolute Gasteiger partial charge is 0.337 e. The Kier molecular flexibility index (Phi) is 3.43. The Balaban J connectivity index is 2.67. The number of rotatable bonds is 3. The SMILES string of the molecule is CCCc1nc2ccc(Br)cc2cc1C(=O)O. The largest absolute Gasteiger partial charge is 0.478 e. The highest BCUT2D eigenvalue weighted by Crippen LogP contribution is 2.22. The molecule has 1 aromatic carbocycles. The number of pyridine rings is 1. The number of aromatic carboxylic acids is 1. The first kappa shape index (κ1) is 12.0. The van der Waals surface area contributed by atoms with Crippen LogP contribution in [-0.4, -0.2) is 16.1 Å². The van der Waals surface area contributed by atoms with Crippen LogP contribution in [0, 0.1) is 0 Å². The van der Waals surface area contributed by atoms with Gasteiger partial charge < -0.3 is 5.11 Å². The monoisotopic (exact) mass is 293 g/mol. The molecule has 0 aliphatic rings. The maximum Gasteiger partial charge on any atom is 0.337 e. The standard InChI is InChI=1S/C13H12BrNO2/c1-2-3-12-10(13(16)17)7-8-6-9(14)4-5-11(8)15-12/h4-7H,2-3H2,1H3,(H,16,17). The van der Waals surface area contributed by atoms with Gasteiger partial charge in [-0.2, -0.15) is 0 Å². The third kappa shape index (κ3) is 2.47. The quantitative estimate of drug-likeness (QED) is 0.940. The molecule has 0 amide bonds. The van der Waals surface area contributed by atoms with Gasteiger partial charge in [0.2, 0.25) is 0 Å². The molecule has 3 nitrogen and oxygen atoms in total. The van der Waals surface area contributed by atoms with E-state index in [4.69, 9.17) is 5.11 Å². The Morgan fingerprint density at radius 1 is 1.41 bits per heavy atom. The average molecular weight is 294 g/mol. The van der Waals surface area contributed by atoms with E-state index in [0.717, 1.165) is 21.8 Å². The molecule has 1 N–H and O–H groups in total. The summed E-state index contributed by atoms with van der Waals surface area (Å²) in [4.78, 5) is 15.6. The minimum Gasteiger partial charge on any atom is -0.478 e. The normalized spacial score (nSPS) is 10.7. The van der Waals surface area contributed by atoms with Gasteiger partial charge in [0.15, 0.2) is 0 Å². The van der Waals surface area contributed by atoms with Crippen LogP contribution in [0.3, 0.4) is 0 Å². The molecular formula is C13H12BrNO2. The van der Waals surface area contributed by atoms with Crippen molar-refractivity contribution in [3.8, 4) is 0 Å². The second kappa shape index (κ2) is 4.84. The molecule has 2 rings (SSSR count). The van der Waals surface area contributed by atoms with Gasteiger partial charge in [0.05, 0.1) is 16.8 Å². The number of benzene rings is 1. The van der Waals surface area contributed by atoms with Crippen LogP contribution >= 0.6 is 15.9 Å². The number of nitrogens with zero attached hydrogens (tertiary/aromatic N) is 1. The van der Waals surface area contributed by atoms with Crippen molar-refractivity contribution in [2.45, 2.75) is 19.8 Å². The number of hydrogen-bond donors (Lipinski definition) is 1. The summed E-state index contributed by atoms with van der Waals surface area (Å²) in [6.45, 7) is 2.01. The third-order valence-corrected chi connectivity index (χ3v) is 3.07. The summed E-state index contributed by atoms with van der Waals surface area (Å²) in [7, 11) is 0. The lowest BCUT2D eigenvalue weighted by Gasteiger charge is -2.06. The van der Waals surface area contributed by atoms with Gasteiger partial charge in [-0.05, 0) is 30.7 Å². The summed E-state index contributed by atoms with van der Waals surface area (Å²) in [5.74, 6) is -0.914. The number of aryl methyl sites for hydroxylation is 1. The van der Waals surface area contributed by atoms with E-state index in [0.29, 0.717) is 17.7 Å². The lowest BCUT2D eigenvalue weighted by atomic mass is 10.1. The summed E-state index contributed by atoms with van der Waals surface area (Å²) in [6, 6.07) is 7.38. The van der Waals surface area contributed by atoms with E-state index in [1.807, 2.05) is 25.1 Å². The molecule has 0 atom stereocenters. The predicted molar refractivity (Wildman–Crippen MR) is 70.4 cm³/mol. The van der Waals surface area contributed by atoms with Crippen LogP contribution in [-0.2, 0) is 6.42 Å². The zero-order valence-electron chi connectivity index (χ0n) is 9.40. The van der Waals surface area contributed by atoms with Crippen LogP contribution in [0.2, 0.25) is 0 Å². The van der Waals surface area contributed by atoms with Crippen LogP contribution in [0.5, 0.6) is 0 Å². The summed E-state index contributed by atoms with van der Waals surface area (Å²) < 4.78 is 0.923. The highest BCUT2D eigenvalue weighted by atomic mass is 79.9. The van der Waals surface area contributed by atoms with Gasteiger partial charge >= 0.3 is 5.97 Å². The molecule has 2 aromatic rings. The van der Waals surface area contributed by atoms with E-state index in [1.54, 1.807) is 6.07 Å². The number of hydrogen-bond acceptors (Lipinski definition) is 2. The molecule has 1 heterocycles. The molecule has 17 heavy (non-hydrogen) atoms. The van der Waals surface area contributed by atoms with Gasteiger partial charge in [0.25, 0.3) is 0 Å². The van der Waals surface area contributed by atoms with E-state index < -0.39 is 5.97 Å². The predicted octanol–water partition coefficient (Wildman–Crippen LogP) is 3.65. The van der Waals surface area contributed by atoms with Gasteiger partial charge in [-0.3, -0.25) is 4.98 Å². The highest BCUT2D eigenvalue weighted by molar-refractivity contribution is 9.10. The van der Waals surface area contributed by atoms with Crippen molar-refractivity contribution < 1.29 is 9.90 Å². The lowest BCUT2D eigenvalue weighted by Crippen LogP contribution is -2.05. The maximum atomic E-state index is 11.2.